The Labute approximate surface area is 108 Å². The van der Waals surface area contributed by atoms with Crippen LogP contribution in [0.15, 0.2) is 15.0 Å². The second-order valence-electron chi connectivity index (χ2n) is 2.81. The molecule has 0 radical (unpaired) electrons. The number of halogens is 2. The van der Waals surface area contributed by atoms with Gasteiger partial charge in [0.2, 0.25) is 0 Å². The zero-order valence-corrected chi connectivity index (χ0v) is 11.3. The second-order valence-corrected chi connectivity index (χ2v) is 4.45. The van der Waals surface area contributed by atoms with Crippen molar-refractivity contribution in [2.24, 2.45) is 0 Å². The van der Waals surface area contributed by atoms with Gasteiger partial charge in [0.15, 0.2) is 0 Å². The summed E-state index contributed by atoms with van der Waals surface area (Å²) < 4.78 is 5.06. The van der Waals surface area contributed by atoms with Crippen LogP contribution in [0.25, 0.3) is 0 Å². The van der Waals surface area contributed by atoms with Gasteiger partial charge in [0, 0.05) is 4.47 Å². The van der Waals surface area contributed by atoms with Gasteiger partial charge in [-0.1, -0.05) is 0 Å². The summed E-state index contributed by atoms with van der Waals surface area (Å²) in [4.78, 5) is 22.2. The van der Waals surface area contributed by atoms with Crippen LogP contribution in [-0.2, 0) is 4.74 Å². The summed E-state index contributed by atoms with van der Waals surface area (Å²) in [5.74, 6) is -1.78. The van der Waals surface area contributed by atoms with Gasteiger partial charge in [-0.25, -0.2) is 9.59 Å². The smallest absolute Gasteiger partial charge is 0.340 e. The minimum absolute atomic E-state index is 0.0175. The number of esters is 1. The molecule has 0 saturated heterocycles. The first-order chi connectivity index (χ1) is 7.40. The molecule has 0 bridgehead atoms. The SMILES string of the molecule is COC(=O)c1c(Br)cc(C(=O)O)c(N)c1Br. The number of carbonyl (C=O) groups excluding carboxylic acids is 1. The van der Waals surface area contributed by atoms with Gasteiger partial charge < -0.3 is 15.6 Å². The van der Waals surface area contributed by atoms with E-state index in [0.717, 1.165) is 0 Å². The zero-order valence-electron chi connectivity index (χ0n) is 8.08. The Kier molecular flexibility index (Phi) is 3.93. The fourth-order valence-corrected chi connectivity index (χ4v) is 2.54. The van der Waals surface area contributed by atoms with Crippen molar-refractivity contribution in [3.63, 3.8) is 0 Å². The molecule has 1 rings (SSSR count). The van der Waals surface area contributed by atoms with Crippen LogP contribution in [0, 0.1) is 0 Å². The quantitative estimate of drug-likeness (QED) is 0.629. The molecule has 0 saturated carbocycles. The first-order valence-corrected chi connectivity index (χ1v) is 5.57. The van der Waals surface area contributed by atoms with Crippen LogP contribution < -0.4 is 5.73 Å². The lowest BCUT2D eigenvalue weighted by Crippen LogP contribution is -2.10. The minimum Gasteiger partial charge on any atom is -0.478 e. The lowest BCUT2D eigenvalue weighted by Gasteiger charge is -2.10. The van der Waals surface area contributed by atoms with Crippen LogP contribution >= 0.6 is 31.9 Å². The van der Waals surface area contributed by atoms with Gasteiger partial charge in [-0.2, -0.15) is 0 Å². The number of methoxy groups -OCH3 is 1. The molecular formula is C9H7Br2NO4. The van der Waals surface area contributed by atoms with E-state index in [0.29, 0.717) is 4.47 Å². The number of hydrogen-bond donors (Lipinski definition) is 2. The lowest BCUT2D eigenvalue weighted by atomic mass is 10.1. The number of benzene rings is 1. The van der Waals surface area contributed by atoms with Crippen LogP contribution in [0.2, 0.25) is 0 Å². The summed E-state index contributed by atoms with van der Waals surface area (Å²) in [5.41, 5.74) is 5.64. The highest BCUT2D eigenvalue weighted by Gasteiger charge is 2.22. The van der Waals surface area contributed by atoms with Gasteiger partial charge >= 0.3 is 11.9 Å². The highest BCUT2D eigenvalue weighted by molar-refractivity contribution is 9.11. The molecule has 86 valence electrons. The second kappa shape index (κ2) is 4.84. The number of rotatable bonds is 2. The largest absolute Gasteiger partial charge is 0.478 e. The standard InChI is InChI=1S/C9H7Br2NO4/c1-16-9(15)5-4(10)2-3(8(13)14)7(12)6(5)11/h2H,12H2,1H3,(H,13,14). The van der Waals surface area contributed by atoms with Crippen molar-refractivity contribution in [2.45, 2.75) is 0 Å². The molecule has 1 aromatic carbocycles. The molecule has 0 aliphatic heterocycles. The first-order valence-electron chi connectivity index (χ1n) is 3.99. The van der Waals surface area contributed by atoms with Gasteiger partial charge in [-0.3, -0.25) is 0 Å². The number of hydrogen-bond acceptors (Lipinski definition) is 4. The Morgan fingerprint density at radius 3 is 2.44 bits per heavy atom. The van der Waals surface area contributed by atoms with Gasteiger partial charge in [0.25, 0.3) is 0 Å². The van der Waals surface area contributed by atoms with Crippen LogP contribution in [0.5, 0.6) is 0 Å². The fraction of sp³-hybridized carbons (Fsp3) is 0.111. The average molecular weight is 353 g/mol. The maximum Gasteiger partial charge on any atom is 0.340 e. The monoisotopic (exact) mass is 351 g/mol. The molecule has 0 fully saturated rings. The molecule has 0 spiro atoms. The molecule has 0 amide bonds. The van der Waals surface area contributed by atoms with Crippen molar-refractivity contribution >= 4 is 49.5 Å². The van der Waals surface area contributed by atoms with E-state index >= 15 is 0 Å². The maximum atomic E-state index is 11.4. The van der Waals surface area contributed by atoms with Crippen LogP contribution in [0.4, 0.5) is 5.69 Å². The van der Waals surface area contributed by atoms with E-state index in [9.17, 15) is 9.59 Å². The predicted octanol–water partition coefficient (Wildman–Crippen LogP) is 2.28. The van der Waals surface area contributed by atoms with Crippen molar-refractivity contribution in [3.05, 3.63) is 26.1 Å². The molecule has 0 aliphatic rings. The molecule has 7 heteroatoms. The Bertz CT molecular complexity index is 473. The van der Waals surface area contributed by atoms with Crippen molar-refractivity contribution in [2.75, 3.05) is 12.8 Å². The van der Waals surface area contributed by atoms with Crippen LogP contribution in [0.3, 0.4) is 0 Å². The van der Waals surface area contributed by atoms with E-state index in [4.69, 9.17) is 10.8 Å². The maximum absolute atomic E-state index is 11.4. The van der Waals surface area contributed by atoms with Crippen molar-refractivity contribution < 1.29 is 19.4 Å². The summed E-state index contributed by atoms with van der Waals surface area (Å²) in [5, 5.41) is 8.86. The fourth-order valence-electron chi connectivity index (χ4n) is 1.10. The van der Waals surface area contributed by atoms with E-state index in [1.54, 1.807) is 0 Å². The van der Waals surface area contributed by atoms with Crippen LogP contribution in [-0.4, -0.2) is 24.2 Å². The summed E-state index contributed by atoms with van der Waals surface area (Å²) in [6.45, 7) is 0. The number of nitrogen functional groups attached to an aromatic ring is 1. The number of nitrogens with two attached hydrogens (primary N) is 1. The molecule has 0 aliphatic carbocycles. The zero-order chi connectivity index (χ0) is 12.5. The molecule has 5 nitrogen and oxygen atoms in total. The number of carbonyl (C=O) groups is 2. The highest BCUT2D eigenvalue weighted by Crippen LogP contribution is 2.34. The molecule has 0 heterocycles. The number of aromatic carboxylic acids is 1. The topological polar surface area (TPSA) is 89.6 Å². The Morgan fingerprint density at radius 2 is 2.00 bits per heavy atom. The number of ether oxygens (including phenoxy) is 1. The molecule has 3 N–H and O–H groups in total. The third-order valence-corrected chi connectivity index (χ3v) is 3.33. The van der Waals surface area contributed by atoms with Crippen molar-refractivity contribution in [1.82, 2.24) is 0 Å². The van der Waals surface area contributed by atoms with Gasteiger partial charge in [0.05, 0.1) is 28.4 Å². The number of anilines is 1. The van der Waals surface area contributed by atoms with E-state index in [2.05, 4.69) is 36.6 Å². The van der Waals surface area contributed by atoms with Gasteiger partial charge in [-0.05, 0) is 37.9 Å². The third-order valence-electron chi connectivity index (χ3n) is 1.88. The Balaban J connectivity index is 3.52. The third kappa shape index (κ3) is 2.19. The van der Waals surface area contributed by atoms with E-state index in [1.165, 1.54) is 13.2 Å². The molecule has 16 heavy (non-hydrogen) atoms. The Hall–Kier alpha value is -1.08. The Morgan fingerprint density at radius 1 is 1.44 bits per heavy atom. The summed E-state index contributed by atoms with van der Waals surface area (Å²) in [6, 6.07) is 1.26. The summed E-state index contributed by atoms with van der Waals surface area (Å²) in [7, 11) is 1.22. The predicted molar refractivity (Wildman–Crippen MR) is 64.6 cm³/mol. The van der Waals surface area contributed by atoms with Crippen LogP contribution in [0.1, 0.15) is 20.7 Å². The first kappa shape index (κ1) is 13.0. The van der Waals surface area contributed by atoms with E-state index in [-0.39, 0.29) is 21.3 Å². The summed E-state index contributed by atoms with van der Waals surface area (Å²) in [6.07, 6.45) is 0. The molecule has 0 atom stereocenters. The van der Waals surface area contributed by atoms with E-state index in [1.807, 2.05) is 0 Å². The van der Waals surface area contributed by atoms with Crippen molar-refractivity contribution in [3.8, 4) is 0 Å². The van der Waals surface area contributed by atoms with Gasteiger partial charge in [-0.15, -0.1) is 0 Å². The minimum atomic E-state index is -1.17. The highest BCUT2D eigenvalue weighted by atomic mass is 79.9. The average Bonchev–Trinajstić information content (AvgIpc) is 2.22. The number of carboxylic acid groups (broad SMARTS) is 1. The summed E-state index contributed by atoms with van der Waals surface area (Å²) >= 11 is 6.16. The van der Waals surface area contributed by atoms with Gasteiger partial charge in [0.1, 0.15) is 0 Å². The number of carboxylic acids is 1. The van der Waals surface area contributed by atoms with E-state index < -0.39 is 11.9 Å². The normalized spacial score (nSPS) is 9.94. The molecular weight excluding hydrogens is 346 g/mol. The lowest BCUT2D eigenvalue weighted by molar-refractivity contribution is 0.0596. The molecule has 1 aromatic rings. The van der Waals surface area contributed by atoms with Crippen molar-refractivity contribution in [1.29, 1.82) is 0 Å². The molecule has 0 aromatic heterocycles. The molecule has 0 unspecified atom stereocenters.